The lowest BCUT2D eigenvalue weighted by Crippen LogP contribution is -2.43. The summed E-state index contributed by atoms with van der Waals surface area (Å²) < 4.78 is 15.7. The van der Waals surface area contributed by atoms with E-state index in [1.54, 1.807) is 24.0 Å². The van der Waals surface area contributed by atoms with Crippen LogP contribution in [0.2, 0.25) is 0 Å². The third kappa shape index (κ3) is 2.51. The van der Waals surface area contributed by atoms with Crippen molar-refractivity contribution in [2.24, 2.45) is 0 Å². The first-order valence-electron chi connectivity index (χ1n) is 7.05. The van der Waals surface area contributed by atoms with Crippen molar-refractivity contribution < 1.29 is 9.18 Å². The molecule has 1 N–H and O–H groups in total. The highest BCUT2D eigenvalue weighted by atomic mass is 19.1. The maximum absolute atomic E-state index is 13.5. The van der Waals surface area contributed by atoms with Crippen molar-refractivity contribution in [2.45, 2.75) is 26.4 Å². The zero-order valence-electron chi connectivity index (χ0n) is 12.1. The molecule has 21 heavy (non-hydrogen) atoms. The highest BCUT2D eigenvalue weighted by Gasteiger charge is 2.27. The fraction of sp³-hybridized carbons (Fsp3) is 0.312. The van der Waals surface area contributed by atoms with Gasteiger partial charge in [-0.2, -0.15) is 0 Å². The van der Waals surface area contributed by atoms with Crippen LogP contribution in [0, 0.1) is 12.7 Å². The van der Waals surface area contributed by atoms with Crippen LogP contribution in [0.25, 0.3) is 0 Å². The number of carbonyl (C=O) groups excluding carboxylic acids is 1. The first kappa shape index (κ1) is 13.7. The molecule has 4 nitrogen and oxygen atoms in total. The third-order valence-electron chi connectivity index (χ3n) is 4.03. The Morgan fingerprint density at radius 1 is 1.33 bits per heavy atom. The molecule has 3 rings (SSSR count). The largest absolute Gasteiger partial charge is 0.348 e. The van der Waals surface area contributed by atoms with Crippen LogP contribution in [0.4, 0.5) is 14.9 Å². The van der Waals surface area contributed by atoms with Gasteiger partial charge in [-0.05, 0) is 43.7 Å². The molecule has 0 aliphatic carbocycles. The number of benzene rings is 1. The number of hydrogen-bond acceptors (Lipinski definition) is 1. The van der Waals surface area contributed by atoms with Gasteiger partial charge in [0.15, 0.2) is 0 Å². The van der Waals surface area contributed by atoms with Crippen molar-refractivity contribution >= 4 is 11.7 Å². The second-order valence-electron chi connectivity index (χ2n) is 5.39. The lowest BCUT2D eigenvalue weighted by atomic mass is 10.1. The van der Waals surface area contributed by atoms with E-state index in [4.69, 9.17) is 0 Å². The van der Waals surface area contributed by atoms with Gasteiger partial charge >= 0.3 is 6.03 Å². The Balaban J connectivity index is 1.75. The summed E-state index contributed by atoms with van der Waals surface area (Å²) in [6, 6.07) is 8.55. The van der Waals surface area contributed by atoms with Crippen LogP contribution in [-0.4, -0.2) is 22.0 Å². The minimum atomic E-state index is -0.312. The summed E-state index contributed by atoms with van der Waals surface area (Å²) in [5.74, 6) is -0.312. The molecule has 0 saturated carbocycles. The van der Waals surface area contributed by atoms with Crippen molar-refractivity contribution in [3.05, 3.63) is 53.6 Å². The van der Waals surface area contributed by atoms with E-state index in [1.807, 2.05) is 25.3 Å². The molecular weight excluding hydrogens is 269 g/mol. The van der Waals surface area contributed by atoms with Gasteiger partial charge in [0.05, 0.1) is 6.04 Å². The number of urea groups is 1. The van der Waals surface area contributed by atoms with Crippen LogP contribution in [0.1, 0.15) is 24.2 Å². The van der Waals surface area contributed by atoms with E-state index in [0.717, 1.165) is 12.2 Å². The van der Waals surface area contributed by atoms with Gasteiger partial charge < -0.3 is 14.8 Å². The Bertz CT molecular complexity index is 680. The topological polar surface area (TPSA) is 37.3 Å². The highest BCUT2D eigenvalue weighted by molar-refractivity contribution is 5.89. The number of carbonyl (C=O) groups is 1. The van der Waals surface area contributed by atoms with E-state index in [9.17, 15) is 9.18 Å². The summed E-state index contributed by atoms with van der Waals surface area (Å²) in [6.07, 6.45) is 2.02. The molecule has 1 aliphatic heterocycles. The summed E-state index contributed by atoms with van der Waals surface area (Å²) in [6.45, 7) is 5.12. The van der Waals surface area contributed by atoms with E-state index in [2.05, 4.69) is 9.88 Å². The van der Waals surface area contributed by atoms with E-state index in [0.29, 0.717) is 17.8 Å². The molecule has 1 aromatic heterocycles. The average molecular weight is 287 g/mol. The van der Waals surface area contributed by atoms with Crippen LogP contribution in [0.3, 0.4) is 0 Å². The van der Waals surface area contributed by atoms with Gasteiger partial charge in [-0.25, -0.2) is 9.18 Å². The predicted molar refractivity (Wildman–Crippen MR) is 79.7 cm³/mol. The SMILES string of the molecule is Cc1ccc(NC(=O)N2CCn3cccc3[C@@H]2C)cc1F. The van der Waals surface area contributed by atoms with Gasteiger partial charge in [0.1, 0.15) is 5.82 Å². The molecule has 0 unspecified atom stereocenters. The van der Waals surface area contributed by atoms with Crippen LogP contribution < -0.4 is 5.32 Å². The number of aryl methyl sites for hydroxylation is 1. The number of rotatable bonds is 1. The number of aromatic nitrogens is 1. The second kappa shape index (κ2) is 5.24. The summed E-state index contributed by atoms with van der Waals surface area (Å²) in [4.78, 5) is 14.2. The van der Waals surface area contributed by atoms with Crippen LogP contribution in [0.5, 0.6) is 0 Å². The summed E-state index contributed by atoms with van der Waals surface area (Å²) in [7, 11) is 0. The Hall–Kier alpha value is -2.30. The van der Waals surface area contributed by atoms with Gasteiger partial charge in [0.2, 0.25) is 0 Å². The van der Waals surface area contributed by atoms with Crippen molar-refractivity contribution in [1.82, 2.24) is 9.47 Å². The zero-order chi connectivity index (χ0) is 15.0. The number of hydrogen-bond donors (Lipinski definition) is 1. The third-order valence-corrected chi connectivity index (χ3v) is 4.03. The standard InChI is InChI=1S/C16H18FN3O/c1-11-5-6-13(10-14(11)17)18-16(21)20-9-8-19-7-3-4-15(19)12(20)2/h3-7,10,12H,8-9H2,1-2H3,(H,18,21)/t12-/m0/s1. The minimum absolute atomic E-state index is 0.00375. The fourth-order valence-corrected chi connectivity index (χ4v) is 2.72. The molecule has 1 aliphatic rings. The van der Waals surface area contributed by atoms with Crippen LogP contribution in [0.15, 0.2) is 36.5 Å². The molecule has 0 spiro atoms. The highest BCUT2D eigenvalue weighted by Crippen LogP contribution is 2.26. The smallest absolute Gasteiger partial charge is 0.322 e. The Morgan fingerprint density at radius 2 is 2.14 bits per heavy atom. The molecule has 2 heterocycles. The summed E-state index contributed by atoms with van der Waals surface area (Å²) >= 11 is 0. The lowest BCUT2D eigenvalue weighted by molar-refractivity contribution is 0.175. The molecular formula is C16H18FN3O. The molecule has 0 saturated heterocycles. The fourth-order valence-electron chi connectivity index (χ4n) is 2.72. The van der Waals surface area contributed by atoms with Crippen LogP contribution >= 0.6 is 0 Å². The molecule has 2 aromatic rings. The Labute approximate surface area is 123 Å². The van der Waals surface area contributed by atoms with Crippen molar-refractivity contribution in [1.29, 1.82) is 0 Å². The van der Waals surface area contributed by atoms with E-state index in [1.165, 1.54) is 6.07 Å². The predicted octanol–water partition coefficient (Wildman–Crippen LogP) is 3.54. The molecule has 5 heteroatoms. The van der Waals surface area contributed by atoms with Gasteiger partial charge in [-0.3, -0.25) is 0 Å². The monoisotopic (exact) mass is 287 g/mol. The maximum atomic E-state index is 13.5. The number of fused-ring (bicyclic) bond motifs is 1. The van der Waals surface area contributed by atoms with Gasteiger partial charge in [-0.15, -0.1) is 0 Å². The molecule has 1 aromatic carbocycles. The number of anilines is 1. The normalized spacial score (nSPS) is 17.5. The number of amides is 2. The van der Waals surface area contributed by atoms with E-state index < -0.39 is 0 Å². The van der Waals surface area contributed by atoms with Gasteiger partial charge in [-0.1, -0.05) is 6.07 Å². The number of nitrogens with one attached hydrogen (secondary N) is 1. The molecule has 2 amide bonds. The molecule has 0 bridgehead atoms. The Kier molecular flexibility index (Phi) is 3.41. The van der Waals surface area contributed by atoms with E-state index in [-0.39, 0.29) is 17.9 Å². The second-order valence-corrected chi connectivity index (χ2v) is 5.39. The molecule has 0 fully saturated rings. The number of halogens is 1. The zero-order valence-corrected chi connectivity index (χ0v) is 12.1. The average Bonchev–Trinajstić information content (AvgIpc) is 2.92. The first-order chi connectivity index (χ1) is 10.1. The summed E-state index contributed by atoms with van der Waals surface area (Å²) in [5.41, 5.74) is 2.17. The first-order valence-corrected chi connectivity index (χ1v) is 7.05. The molecule has 0 radical (unpaired) electrons. The lowest BCUT2D eigenvalue weighted by Gasteiger charge is -2.34. The summed E-state index contributed by atoms with van der Waals surface area (Å²) in [5, 5.41) is 2.77. The van der Waals surface area contributed by atoms with E-state index >= 15 is 0 Å². The Morgan fingerprint density at radius 3 is 2.90 bits per heavy atom. The quantitative estimate of drug-likeness (QED) is 0.855. The number of nitrogens with zero attached hydrogens (tertiary/aromatic N) is 2. The van der Waals surface area contributed by atoms with Gasteiger partial charge in [0.25, 0.3) is 0 Å². The van der Waals surface area contributed by atoms with Crippen molar-refractivity contribution in [2.75, 3.05) is 11.9 Å². The van der Waals surface area contributed by atoms with Crippen molar-refractivity contribution in [3.63, 3.8) is 0 Å². The van der Waals surface area contributed by atoms with Gasteiger partial charge in [0, 0.05) is 30.7 Å². The molecule has 1 atom stereocenters. The maximum Gasteiger partial charge on any atom is 0.322 e. The van der Waals surface area contributed by atoms with Crippen LogP contribution in [-0.2, 0) is 6.54 Å². The molecule has 110 valence electrons. The van der Waals surface area contributed by atoms with Crippen molar-refractivity contribution in [3.8, 4) is 0 Å². The minimum Gasteiger partial charge on any atom is -0.348 e.